The molecule has 148 valence electrons. The fourth-order valence-corrected chi connectivity index (χ4v) is 5.01. The van der Waals surface area contributed by atoms with Crippen LogP contribution < -0.4 is 0 Å². The van der Waals surface area contributed by atoms with E-state index in [0.717, 1.165) is 28.7 Å². The van der Waals surface area contributed by atoms with Crippen LogP contribution in [0.25, 0.3) is 11.1 Å². The summed E-state index contributed by atoms with van der Waals surface area (Å²) in [4.78, 5) is 0. The third-order valence-electron chi connectivity index (χ3n) is 6.48. The second-order valence-corrected chi connectivity index (χ2v) is 8.04. The summed E-state index contributed by atoms with van der Waals surface area (Å²) < 4.78 is 0. The topological polar surface area (TPSA) is 40.5 Å². The smallest absolute Gasteiger partial charge is 0.118 e. The van der Waals surface area contributed by atoms with E-state index >= 15 is 0 Å². The van der Waals surface area contributed by atoms with Crippen molar-refractivity contribution in [1.29, 1.82) is 0 Å². The molecule has 0 saturated carbocycles. The minimum absolute atomic E-state index is 0.299. The highest BCUT2D eigenvalue weighted by Crippen LogP contribution is 2.56. The largest absolute Gasteiger partial charge is 0.508 e. The number of fused-ring (bicyclic) bond motifs is 3. The van der Waals surface area contributed by atoms with Gasteiger partial charge in [-0.2, -0.15) is 0 Å². The van der Waals surface area contributed by atoms with Crippen LogP contribution in [0.15, 0.2) is 84.9 Å². The van der Waals surface area contributed by atoms with Gasteiger partial charge in [-0.15, -0.1) is 0 Å². The lowest BCUT2D eigenvalue weighted by atomic mass is 9.67. The van der Waals surface area contributed by atoms with Crippen LogP contribution in [0, 0.1) is 6.92 Å². The number of benzene rings is 4. The highest BCUT2D eigenvalue weighted by atomic mass is 16.3. The van der Waals surface area contributed by atoms with Gasteiger partial charge < -0.3 is 10.2 Å². The van der Waals surface area contributed by atoms with Gasteiger partial charge in [0.25, 0.3) is 0 Å². The SMILES string of the molecule is CCc1cc(C2(c3ccc(O)c(C)c3)c3ccccc3-c3ccccc32)ccc1O. The van der Waals surface area contributed by atoms with Gasteiger partial charge in [-0.25, -0.2) is 0 Å². The molecular weight excluding hydrogens is 368 g/mol. The van der Waals surface area contributed by atoms with Gasteiger partial charge in [0.2, 0.25) is 0 Å². The first kappa shape index (κ1) is 18.5. The number of aromatic hydroxyl groups is 2. The van der Waals surface area contributed by atoms with Gasteiger partial charge in [0.1, 0.15) is 11.5 Å². The Hall–Kier alpha value is -3.52. The fourth-order valence-electron chi connectivity index (χ4n) is 5.01. The summed E-state index contributed by atoms with van der Waals surface area (Å²) in [7, 11) is 0. The Morgan fingerprint density at radius 1 is 0.667 bits per heavy atom. The molecule has 30 heavy (non-hydrogen) atoms. The van der Waals surface area contributed by atoms with E-state index in [-0.39, 0.29) is 0 Å². The zero-order valence-electron chi connectivity index (χ0n) is 17.2. The third kappa shape index (κ3) is 2.43. The molecule has 4 aromatic rings. The standard InChI is InChI=1S/C28H24O2/c1-3-19-17-21(13-15-27(19)30)28(20-12-14-26(29)18(2)16-20)24-10-6-4-8-22(24)23-9-5-7-11-25(23)28/h4-17,29-30H,3H2,1-2H3. The van der Waals surface area contributed by atoms with E-state index < -0.39 is 5.41 Å². The van der Waals surface area contributed by atoms with Crippen LogP contribution in [0.5, 0.6) is 11.5 Å². The molecule has 0 aromatic heterocycles. The molecule has 0 spiro atoms. The normalized spacial score (nSPS) is 13.7. The molecule has 0 unspecified atom stereocenters. The molecule has 5 rings (SSSR count). The molecule has 0 radical (unpaired) electrons. The molecule has 0 heterocycles. The predicted octanol–water partition coefficient (Wildman–Crippen LogP) is 6.33. The van der Waals surface area contributed by atoms with Crippen LogP contribution in [-0.4, -0.2) is 10.2 Å². The zero-order chi connectivity index (χ0) is 20.9. The average molecular weight is 392 g/mol. The lowest BCUT2D eigenvalue weighted by Gasteiger charge is -2.34. The van der Waals surface area contributed by atoms with Crippen molar-refractivity contribution in [1.82, 2.24) is 0 Å². The number of hydrogen-bond donors (Lipinski definition) is 2. The van der Waals surface area contributed by atoms with Crippen LogP contribution in [0.2, 0.25) is 0 Å². The summed E-state index contributed by atoms with van der Waals surface area (Å²) in [6.07, 6.45) is 0.758. The second kappa shape index (κ2) is 6.77. The molecule has 0 fully saturated rings. The molecule has 0 aliphatic heterocycles. The van der Waals surface area contributed by atoms with Crippen molar-refractivity contribution < 1.29 is 10.2 Å². The lowest BCUT2D eigenvalue weighted by Crippen LogP contribution is -2.28. The van der Waals surface area contributed by atoms with E-state index in [9.17, 15) is 10.2 Å². The molecule has 2 N–H and O–H groups in total. The number of phenols is 2. The summed E-state index contributed by atoms with van der Waals surface area (Å²) in [5.74, 6) is 0.631. The lowest BCUT2D eigenvalue weighted by molar-refractivity contribution is 0.468. The Bertz CT molecular complexity index is 1220. The van der Waals surface area contributed by atoms with Crippen LogP contribution in [0.3, 0.4) is 0 Å². The van der Waals surface area contributed by atoms with E-state index in [1.165, 1.54) is 22.3 Å². The molecule has 1 aliphatic rings. The molecule has 0 saturated heterocycles. The minimum Gasteiger partial charge on any atom is -0.508 e. The van der Waals surface area contributed by atoms with Gasteiger partial charge in [0.05, 0.1) is 5.41 Å². The molecule has 0 amide bonds. The molecule has 0 bridgehead atoms. The summed E-state index contributed by atoms with van der Waals surface area (Å²) >= 11 is 0. The Balaban J connectivity index is 1.95. The summed E-state index contributed by atoms with van der Waals surface area (Å²) in [6, 6.07) is 29.0. The Morgan fingerprint density at radius 2 is 1.20 bits per heavy atom. The predicted molar refractivity (Wildman–Crippen MR) is 121 cm³/mol. The van der Waals surface area contributed by atoms with Gasteiger partial charge in [0.15, 0.2) is 0 Å². The van der Waals surface area contributed by atoms with E-state index in [4.69, 9.17) is 0 Å². The van der Waals surface area contributed by atoms with Gasteiger partial charge in [0, 0.05) is 0 Å². The average Bonchev–Trinajstić information content (AvgIpc) is 3.08. The quantitative estimate of drug-likeness (QED) is 0.376. The van der Waals surface area contributed by atoms with Crippen LogP contribution >= 0.6 is 0 Å². The number of rotatable bonds is 3. The fraction of sp³-hybridized carbons (Fsp3) is 0.143. The van der Waals surface area contributed by atoms with E-state index in [1.807, 2.05) is 25.1 Å². The van der Waals surface area contributed by atoms with E-state index in [2.05, 4.69) is 67.6 Å². The first-order valence-electron chi connectivity index (χ1n) is 10.4. The zero-order valence-corrected chi connectivity index (χ0v) is 17.2. The maximum atomic E-state index is 10.4. The van der Waals surface area contributed by atoms with Gasteiger partial charge in [-0.3, -0.25) is 0 Å². The second-order valence-electron chi connectivity index (χ2n) is 8.04. The third-order valence-corrected chi connectivity index (χ3v) is 6.48. The van der Waals surface area contributed by atoms with E-state index in [1.54, 1.807) is 6.07 Å². The molecule has 0 atom stereocenters. The van der Waals surface area contributed by atoms with Crippen LogP contribution in [0.1, 0.15) is 40.3 Å². The Kier molecular flexibility index (Phi) is 4.18. The van der Waals surface area contributed by atoms with Crippen molar-refractivity contribution in [3.05, 3.63) is 118 Å². The van der Waals surface area contributed by atoms with Crippen LogP contribution in [-0.2, 0) is 11.8 Å². The maximum Gasteiger partial charge on any atom is 0.118 e. The summed E-state index contributed by atoms with van der Waals surface area (Å²) in [6.45, 7) is 4.00. The van der Waals surface area contributed by atoms with Gasteiger partial charge >= 0.3 is 0 Å². The number of hydrogen-bond acceptors (Lipinski definition) is 2. The first-order valence-corrected chi connectivity index (χ1v) is 10.4. The number of phenolic OH excluding ortho intramolecular Hbond substituents is 2. The van der Waals surface area contributed by atoms with Crippen molar-refractivity contribution in [3.8, 4) is 22.6 Å². The monoisotopic (exact) mass is 392 g/mol. The maximum absolute atomic E-state index is 10.4. The van der Waals surface area contributed by atoms with Crippen LogP contribution in [0.4, 0.5) is 0 Å². The molecule has 4 aromatic carbocycles. The van der Waals surface area contributed by atoms with Crippen molar-refractivity contribution in [2.24, 2.45) is 0 Å². The summed E-state index contributed by atoms with van der Waals surface area (Å²) in [5.41, 5.74) is 8.42. The molecule has 2 nitrogen and oxygen atoms in total. The van der Waals surface area contributed by atoms with Crippen molar-refractivity contribution in [2.75, 3.05) is 0 Å². The Labute approximate surface area is 177 Å². The Morgan fingerprint density at radius 3 is 1.77 bits per heavy atom. The summed E-state index contributed by atoms with van der Waals surface area (Å²) in [5, 5.41) is 20.6. The first-order chi connectivity index (χ1) is 14.6. The van der Waals surface area contributed by atoms with Crippen molar-refractivity contribution in [3.63, 3.8) is 0 Å². The number of aryl methyl sites for hydroxylation is 2. The van der Waals surface area contributed by atoms with E-state index in [0.29, 0.717) is 11.5 Å². The molecular formula is C28H24O2. The van der Waals surface area contributed by atoms with Crippen molar-refractivity contribution >= 4 is 0 Å². The molecule has 2 heteroatoms. The highest BCUT2D eigenvalue weighted by molar-refractivity contribution is 5.86. The highest BCUT2D eigenvalue weighted by Gasteiger charge is 2.46. The van der Waals surface area contributed by atoms with Gasteiger partial charge in [-0.1, -0.05) is 79.7 Å². The molecule has 1 aliphatic carbocycles. The van der Waals surface area contributed by atoms with Gasteiger partial charge in [-0.05, 0) is 70.0 Å². The minimum atomic E-state index is -0.511. The van der Waals surface area contributed by atoms with Crippen molar-refractivity contribution in [2.45, 2.75) is 25.7 Å².